The van der Waals surface area contributed by atoms with Crippen molar-refractivity contribution in [2.45, 2.75) is 122 Å². The first-order chi connectivity index (χ1) is 18.9. The summed E-state index contributed by atoms with van der Waals surface area (Å²) in [6.07, 6.45) is 8.10. The Morgan fingerprint density at radius 1 is 1.20 bits per heavy atom. The van der Waals surface area contributed by atoms with Crippen LogP contribution in [0.4, 0.5) is 0 Å². The minimum atomic E-state index is -0.907. The van der Waals surface area contributed by atoms with E-state index in [-0.39, 0.29) is 36.5 Å². The van der Waals surface area contributed by atoms with Gasteiger partial charge in [-0.2, -0.15) is 0 Å². The Labute approximate surface area is 237 Å². The zero-order chi connectivity index (χ0) is 29.4. The number of amides is 1. The number of epoxide rings is 1. The van der Waals surface area contributed by atoms with Crippen molar-refractivity contribution in [2.24, 2.45) is 5.92 Å². The molecule has 0 aromatic rings. The van der Waals surface area contributed by atoms with E-state index in [9.17, 15) is 19.8 Å². The van der Waals surface area contributed by atoms with Crippen LogP contribution in [0.2, 0.25) is 0 Å². The molecule has 1 unspecified atom stereocenters. The van der Waals surface area contributed by atoms with E-state index in [0.29, 0.717) is 26.1 Å². The molecule has 0 aliphatic carbocycles. The number of aliphatic hydroxyl groups is 1. The predicted molar refractivity (Wildman–Crippen MR) is 149 cm³/mol. The number of ether oxygens (including phenoxy) is 5. The summed E-state index contributed by atoms with van der Waals surface area (Å²) >= 11 is 0. The molecule has 3 fully saturated rings. The van der Waals surface area contributed by atoms with Crippen molar-refractivity contribution in [3.63, 3.8) is 0 Å². The van der Waals surface area contributed by atoms with Crippen molar-refractivity contribution in [2.75, 3.05) is 13.2 Å². The number of rotatable bonds is 13. The molecule has 1 spiro atoms. The third kappa shape index (κ3) is 9.49. The van der Waals surface area contributed by atoms with Crippen LogP contribution in [-0.4, -0.2) is 89.9 Å². The van der Waals surface area contributed by atoms with E-state index in [0.717, 1.165) is 12.0 Å². The van der Waals surface area contributed by atoms with Gasteiger partial charge in [-0.15, -0.1) is 0 Å². The van der Waals surface area contributed by atoms with Crippen molar-refractivity contribution in [3.8, 4) is 0 Å². The van der Waals surface area contributed by atoms with Crippen LogP contribution in [0.3, 0.4) is 0 Å². The lowest BCUT2D eigenvalue weighted by Gasteiger charge is -2.40. The molecule has 0 radical (unpaired) electrons. The van der Waals surface area contributed by atoms with Gasteiger partial charge in [0.05, 0.1) is 43.5 Å². The molecule has 3 saturated heterocycles. The SMILES string of the molecule is CCOC(C)O[C@@H]1[C@@H](/C=C/C(C)=C/C[C@@H]2O[C@H](C)[C@H](NC(=O)/C=C\[C@H](C)O)C[C@@H]2C)O[C@H](CC(=O)O)C[C@@]12CO2. The van der Waals surface area contributed by atoms with Gasteiger partial charge < -0.3 is 39.2 Å². The van der Waals surface area contributed by atoms with Crippen molar-refractivity contribution in [1.82, 2.24) is 5.32 Å². The maximum absolute atomic E-state index is 12.2. The van der Waals surface area contributed by atoms with Crippen molar-refractivity contribution >= 4 is 11.9 Å². The van der Waals surface area contributed by atoms with E-state index in [1.54, 1.807) is 6.92 Å². The first-order valence-electron chi connectivity index (χ1n) is 14.4. The average Bonchev–Trinajstić information content (AvgIpc) is 3.63. The van der Waals surface area contributed by atoms with E-state index < -0.39 is 42.3 Å². The summed E-state index contributed by atoms with van der Waals surface area (Å²) in [6.45, 7) is 12.4. The topological polar surface area (TPSA) is 136 Å². The Balaban J connectivity index is 1.61. The van der Waals surface area contributed by atoms with E-state index in [4.69, 9.17) is 23.7 Å². The standard InChI is InChI=1S/C30H47NO9/c1-7-36-22(6)39-29-26(40-23(15-28(34)35)16-30(29)17-37-30)12-9-18(2)8-11-25-19(3)14-24(21(5)38-25)31-27(33)13-10-20(4)32/h8-10,12-13,19-26,29,32H,7,11,14-17H2,1-6H3,(H,31,33)(H,34,35)/b12-9+,13-10-,18-8+/t19-,20-,21+,22?,23+,24+,25-,26+,29+,30+/m0/s1. The molecule has 3 aliphatic heterocycles. The van der Waals surface area contributed by atoms with Gasteiger partial charge >= 0.3 is 5.97 Å². The number of hydrogen-bond donors (Lipinski definition) is 3. The maximum atomic E-state index is 12.2. The number of carboxylic acids is 1. The van der Waals surface area contributed by atoms with Gasteiger partial charge in [0.2, 0.25) is 5.91 Å². The fraction of sp³-hybridized carbons (Fsp3) is 0.733. The summed E-state index contributed by atoms with van der Waals surface area (Å²) in [4.78, 5) is 23.5. The number of hydrogen-bond acceptors (Lipinski definition) is 8. The lowest BCUT2D eigenvalue weighted by atomic mass is 9.87. The molecule has 3 N–H and O–H groups in total. The average molecular weight is 566 g/mol. The summed E-state index contributed by atoms with van der Waals surface area (Å²) < 4.78 is 30.1. The van der Waals surface area contributed by atoms with Gasteiger partial charge in [0.15, 0.2) is 6.29 Å². The van der Waals surface area contributed by atoms with Gasteiger partial charge in [0.1, 0.15) is 17.8 Å². The smallest absolute Gasteiger partial charge is 0.305 e. The lowest BCUT2D eigenvalue weighted by molar-refractivity contribution is -0.227. The van der Waals surface area contributed by atoms with Crippen molar-refractivity contribution < 1.29 is 43.5 Å². The molecule has 1 amide bonds. The van der Waals surface area contributed by atoms with E-state index in [1.165, 1.54) is 12.2 Å². The largest absolute Gasteiger partial charge is 0.481 e. The van der Waals surface area contributed by atoms with Crippen molar-refractivity contribution in [3.05, 3.63) is 36.0 Å². The van der Waals surface area contributed by atoms with Crippen LogP contribution in [0.5, 0.6) is 0 Å². The van der Waals surface area contributed by atoms with Crippen LogP contribution in [0.1, 0.15) is 67.2 Å². The Morgan fingerprint density at radius 2 is 1.93 bits per heavy atom. The number of allylic oxidation sites excluding steroid dienone is 2. The summed E-state index contributed by atoms with van der Waals surface area (Å²) in [6, 6.07) is -0.0995. The number of carbonyl (C=O) groups is 2. The second kappa shape index (κ2) is 14.7. The van der Waals surface area contributed by atoms with Gasteiger partial charge in [-0.25, -0.2) is 0 Å². The second-order valence-electron chi connectivity index (χ2n) is 11.3. The van der Waals surface area contributed by atoms with Gasteiger partial charge in [-0.3, -0.25) is 9.59 Å². The van der Waals surface area contributed by atoms with Gasteiger partial charge in [0.25, 0.3) is 0 Å². The molecule has 0 bridgehead atoms. The predicted octanol–water partition coefficient (Wildman–Crippen LogP) is 3.28. The summed E-state index contributed by atoms with van der Waals surface area (Å²) in [5.41, 5.74) is 0.462. The quantitative estimate of drug-likeness (QED) is 0.133. The molecule has 0 aromatic carbocycles. The Hall–Kier alpha value is -2.08. The van der Waals surface area contributed by atoms with Crippen LogP contribution in [0, 0.1) is 5.92 Å². The summed E-state index contributed by atoms with van der Waals surface area (Å²) in [5, 5.41) is 21.7. The number of aliphatic carboxylic acids is 1. The van der Waals surface area contributed by atoms with Crippen LogP contribution in [0.15, 0.2) is 36.0 Å². The van der Waals surface area contributed by atoms with Crippen molar-refractivity contribution in [1.29, 1.82) is 0 Å². The Kier molecular flexibility index (Phi) is 11.9. The van der Waals surface area contributed by atoms with Crippen LogP contribution < -0.4 is 5.32 Å². The zero-order valence-corrected chi connectivity index (χ0v) is 24.6. The molecule has 10 atom stereocenters. The molecular weight excluding hydrogens is 518 g/mol. The highest BCUT2D eigenvalue weighted by Gasteiger charge is 2.60. The zero-order valence-electron chi connectivity index (χ0n) is 24.6. The Bertz CT molecular complexity index is 941. The fourth-order valence-corrected chi connectivity index (χ4v) is 5.45. The molecule has 10 nitrogen and oxygen atoms in total. The van der Waals surface area contributed by atoms with Gasteiger partial charge in [-0.1, -0.05) is 36.8 Å². The molecule has 226 valence electrons. The monoisotopic (exact) mass is 565 g/mol. The lowest BCUT2D eigenvalue weighted by Crippen LogP contribution is -2.53. The first-order valence-corrected chi connectivity index (χ1v) is 14.4. The molecule has 3 aliphatic rings. The molecule has 0 saturated carbocycles. The minimum Gasteiger partial charge on any atom is -0.481 e. The molecule has 0 aromatic heterocycles. The Morgan fingerprint density at radius 3 is 2.55 bits per heavy atom. The molecule has 40 heavy (non-hydrogen) atoms. The summed E-state index contributed by atoms with van der Waals surface area (Å²) in [7, 11) is 0. The number of carboxylic acid groups (broad SMARTS) is 1. The number of nitrogens with one attached hydrogen (secondary N) is 1. The third-order valence-electron chi connectivity index (χ3n) is 7.69. The molecule has 3 rings (SSSR count). The van der Waals surface area contributed by atoms with E-state index in [2.05, 4.69) is 18.3 Å². The normalized spacial score (nSPS) is 36.2. The highest BCUT2D eigenvalue weighted by Crippen LogP contribution is 2.45. The molecule has 3 heterocycles. The first kappa shape index (κ1) is 32.4. The van der Waals surface area contributed by atoms with Crippen LogP contribution >= 0.6 is 0 Å². The van der Waals surface area contributed by atoms with E-state index in [1.807, 2.05) is 39.8 Å². The maximum Gasteiger partial charge on any atom is 0.305 e. The van der Waals surface area contributed by atoms with Crippen LogP contribution in [0.25, 0.3) is 0 Å². The third-order valence-corrected chi connectivity index (χ3v) is 7.69. The van der Waals surface area contributed by atoms with Gasteiger partial charge in [-0.05, 0) is 53.4 Å². The highest BCUT2D eigenvalue weighted by atomic mass is 16.7. The molecular formula is C30H47NO9. The summed E-state index contributed by atoms with van der Waals surface area (Å²) in [5.74, 6) is -0.909. The number of carbonyl (C=O) groups excluding carboxylic acids is 1. The number of aliphatic hydroxyl groups excluding tert-OH is 1. The van der Waals surface area contributed by atoms with E-state index >= 15 is 0 Å². The second-order valence-corrected chi connectivity index (χ2v) is 11.3. The fourth-order valence-electron chi connectivity index (χ4n) is 5.45. The van der Waals surface area contributed by atoms with Gasteiger partial charge in [0, 0.05) is 19.1 Å². The van der Waals surface area contributed by atoms with Crippen LogP contribution in [-0.2, 0) is 33.3 Å². The minimum absolute atomic E-state index is 0.0108. The highest BCUT2D eigenvalue weighted by molar-refractivity contribution is 5.87. The molecule has 10 heteroatoms.